The third-order valence-electron chi connectivity index (χ3n) is 10.9. The summed E-state index contributed by atoms with van der Waals surface area (Å²) in [5.74, 6) is 3.26. The van der Waals surface area contributed by atoms with Gasteiger partial charge in [0.25, 0.3) is 10.0 Å². The molecule has 0 bridgehead atoms. The number of fused-ring (bicyclic) bond motifs is 2. The van der Waals surface area contributed by atoms with E-state index in [1.807, 2.05) is 56.8 Å². The average molecular weight is 695 g/mol. The molecular formula is C38H46N8O3S. The van der Waals surface area contributed by atoms with Crippen molar-refractivity contribution in [3.63, 3.8) is 0 Å². The minimum Gasteiger partial charge on any atom is -0.381 e. The Kier molecular flexibility index (Phi) is 7.83. The van der Waals surface area contributed by atoms with Gasteiger partial charge in [-0.05, 0) is 63.8 Å². The van der Waals surface area contributed by atoms with Crippen molar-refractivity contribution in [2.24, 2.45) is 12.5 Å². The van der Waals surface area contributed by atoms with E-state index in [0.717, 1.165) is 77.4 Å². The third-order valence-corrected chi connectivity index (χ3v) is 12.5. The third kappa shape index (κ3) is 5.47. The van der Waals surface area contributed by atoms with Crippen LogP contribution in [0.4, 0.5) is 11.6 Å². The predicted octanol–water partition coefficient (Wildman–Crippen LogP) is 6.08. The van der Waals surface area contributed by atoms with E-state index in [9.17, 15) is 8.42 Å². The summed E-state index contributed by atoms with van der Waals surface area (Å²) in [7, 11) is -0.0908. The Morgan fingerprint density at radius 2 is 1.68 bits per heavy atom. The molecule has 50 heavy (non-hydrogen) atoms. The van der Waals surface area contributed by atoms with Crippen LogP contribution in [0.3, 0.4) is 0 Å². The number of methoxy groups -OCH3 is 1. The van der Waals surface area contributed by atoms with Crippen LogP contribution in [0.2, 0.25) is 0 Å². The summed E-state index contributed by atoms with van der Waals surface area (Å²) in [5.41, 5.74) is 7.19. The Morgan fingerprint density at radius 1 is 0.920 bits per heavy atom. The average Bonchev–Trinajstić information content (AvgIpc) is 3.78. The number of aryl methyl sites for hydroxylation is 4. The molecule has 0 amide bonds. The van der Waals surface area contributed by atoms with E-state index >= 15 is 0 Å². The zero-order chi connectivity index (χ0) is 35.1. The first-order chi connectivity index (χ1) is 23.9. The Morgan fingerprint density at radius 3 is 2.38 bits per heavy atom. The van der Waals surface area contributed by atoms with E-state index in [1.54, 1.807) is 19.2 Å². The lowest BCUT2D eigenvalue weighted by Gasteiger charge is -2.45. The van der Waals surface area contributed by atoms with E-state index < -0.39 is 10.0 Å². The van der Waals surface area contributed by atoms with Crippen LogP contribution >= 0.6 is 0 Å². The number of anilines is 2. The first-order valence-electron chi connectivity index (χ1n) is 17.6. The van der Waals surface area contributed by atoms with E-state index in [1.165, 1.54) is 22.6 Å². The monoisotopic (exact) mass is 694 g/mol. The number of nitrogens with zero attached hydrogens (tertiary/aromatic N) is 8. The highest BCUT2D eigenvalue weighted by Gasteiger charge is 2.39. The molecular weight excluding hydrogens is 649 g/mol. The van der Waals surface area contributed by atoms with Gasteiger partial charge in [0.05, 0.1) is 33.6 Å². The van der Waals surface area contributed by atoms with Gasteiger partial charge in [0.1, 0.15) is 11.6 Å². The molecule has 3 aromatic heterocycles. The van der Waals surface area contributed by atoms with Crippen LogP contribution in [0.15, 0.2) is 47.4 Å². The van der Waals surface area contributed by atoms with Gasteiger partial charge in [0.15, 0.2) is 5.82 Å². The van der Waals surface area contributed by atoms with Crippen molar-refractivity contribution < 1.29 is 13.2 Å². The van der Waals surface area contributed by atoms with Crippen molar-refractivity contribution in [2.75, 3.05) is 36.5 Å². The van der Waals surface area contributed by atoms with Gasteiger partial charge < -0.3 is 14.5 Å². The highest BCUT2D eigenvalue weighted by atomic mass is 32.2. The SMILES string of the molecule is CO[C@@H]1CCN(c2nc(-c3c(C)ccc4c3c(C)nn4S(=O)(=O)c3ccc(C)cc3)nc3c2CN(c2cc(C4CC4)nn2C)CC3)CC1(C)C. The number of hydrogen-bond acceptors (Lipinski definition) is 9. The fourth-order valence-electron chi connectivity index (χ4n) is 8.02. The van der Waals surface area contributed by atoms with Crippen molar-refractivity contribution >= 4 is 32.6 Å². The van der Waals surface area contributed by atoms with Crippen molar-refractivity contribution in [1.82, 2.24) is 28.9 Å². The van der Waals surface area contributed by atoms with Crippen LogP contribution in [0.5, 0.6) is 0 Å². The summed E-state index contributed by atoms with van der Waals surface area (Å²) >= 11 is 0. The standard InChI is InChI=1S/C38H46N8O3S/c1-23-8-13-27(14-9-23)50(47,48)46-31-15-10-24(2)34(35(31)25(3)41-46)36-39-29-16-18-44(33-20-30(26-11-12-26)42-43(33)6)21-28(29)37(40-36)45-19-17-32(49-7)38(4,5)22-45/h8-10,13-15,20,26,32H,11-12,16-19,21-22H2,1-7H3/t32-/m1/s1. The molecule has 0 radical (unpaired) electrons. The highest BCUT2D eigenvalue weighted by Crippen LogP contribution is 2.42. The summed E-state index contributed by atoms with van der Waals surface area (Å²) in [4.78, 5) is 15.7. The Bertz CT molecular complexity index is 2230. The van der Waals surface area contributed by atoms with Gasteiger partial charge >= 0.3 is 0 Å². The number of rotatable bonds is 7. The highest BCUT2D eigenvalue weighted by molar-refractivity contribution is 7.90. The number of hydrogen-bond donors (Lipinski definition) is 0. The van der Waals surface area contributed by atoms with Crippen LogP contribution in [0.25, 0.3) is 22.3 Å². The van der Waals surface area contributed by atoms with Gasteiger partial charge in [-0.15, -0.1) is 0 Å². The first kappa shape index (κ1) is 32.9. The fraction of sp³-hybridized carbons (Fsp3) is 0.474. The maximum Gasteiger partial charge on any atom is 0.283 e. The van der Waals surface area contributed by atoms with Crippen molar-refractivity contribution in [3.05, 3.63) is 76.2 Å². The quantitative estimate of drug-likeness (QED) is 0.200. The van der Waals surface area contributed by atoms with E-state index in [-0.39, 0.29) is 16.4 Å². The van der Waals surface area contributed by atoms with Crippen LogP contribution in [-0.4, -0.2) is 70.2 Å². The first-order valence-corrected chi connectivity index (χ1v) is 19.1. The second-order valence-electron chi connectivity index (χ2n) is 15.1. The van der Waals surface area contributed by atoms with Crippen LogP contribution in [-0.2, 0) is 34.8 Å². The zero-order valence-electron chi connectivity index (χ0n) is 30.1. The summed E-state index contributed by atoms with van der Waals surface area (Å²) in [6.07, 6.45) is 4.24. The van der Waals surface area contributed by atoms with Gasteiger partial charge in [-0.1, -0.05) is 37.6 Å². The Balaban J connectivity index is 1.27. The minimum absolute atomic E-state index is 0.0848. The molecule has 2 aromatic carbocycles. The van der Waals surface area contributed by atoms with Gasteiger partial charge in [-0.2, -0.15) is 22.7 Å². The number of benzene rings is 2. The lowest BCUT2D eigenvalue weighted by Crippen LogP contribution is -2.50. The molecule has 5 aromatic rings. The normalized spacial score (nSPS) is 19.3. The lowest BCUT2D eigenvalue weighted by atomic mass is 9.81. The molecule has 1 atom stereocenters. The smallest absolute Gasteiger partial charge is 0.283 e. The number of ether oxygens (including phenoxy) is 1. The van der Waals surface area contributed by atoms with E-state index in [0.29, 0.717) is 29.5 Å². The van der Waals surface area contributed by atoms with Crippen molar-refractivity contribution in [1.29, 1.82) is 0 Å². The minimum atomic E-state index is -3.94. The van der Waals surface area contributed by atoms with Crippen LogP contribution in [0, 0.1) is 26.2 Å². The molecule has 8 rings (SSSR count). The van der Waals surface area contributed by atoms with Gasteiger partial charge in [-0.3, -0.25) is 4.68 Å². The molecule has 0 unspecified atom stereocenters. The second-order valence-corrected chi connectivity index (χ2v) is 16.9. The van der Waals surface area contributed by atoms with Gasteiger partial charge in [0, 0.05) is 80.7 Å². The topological polar surface area (TPSA) is 111 Å². The molecule has 2 aliphatic heterocycles. The van der Waals surface area contributed by atoms with Crippen LogP contribution in [0.1, 0.15) is 72.8 Å². The van der Waals surface area contributed by atoms with Crippen molar-refractivity contribution in [3.8, 4) is 11.4 Å². The Labute approximate surface area is 294 Å². The molecule has 0 N–H and O–H groups in total. The number of piperidine rings is 1. The summed E-state index contributed by atoms with van der Waals surface area (Å²) in [6.45, 7) is 13.5. The number of aromatic nitrogens is 6. The largest absolute Gasteiger partial charge is 0.381 e. The van der Waals surface area contributed by atoms with Gasteiger partial charge in [0.2, 0.25) is 0 Å². The van der Waals surface area contributed by atoms with E-state index in [2.05, 4.69) is 34.8 Å². The molecule has 0 spiro atoms. The predicted molar refractivity (Wildman–Crippen MR) is 195 cm³/mol. The molecule has 12 heteroatoms. The Hall–Kier alpha value is -4.29. The molecule has 2 fully saturated rings. The summed E-state index contributed by atoms with van der Waals surface area (Å²) < 4.78 is 37.0. The summed E-state index contributed by atoms with van der Waals surface area (Å²) in [6, 6.07) is 13.0. The molecule has 3 aliphatic rings. The maximum atomic E-state index is 13.9. The summed E-state index contributed by atoms with van der Waals surface area (Å²) in [5, 5.41) is 10.2. The molecule has 1 saturated heterocycles. The van der Waals surface area contributed by atoms with E-state index in [4.69, 9.17) is 19.8 Å². The molecule has 11 nitrogen and oxygen atoms in total. The van der Waals surface area contributed by atoms with Crippen LogP contribution < -0.4 is 9.80 Å². The maximum absolute atomic E-state index is 13.9. The zero-order valence-corrected chi connectivity index (χ0v) is 30.9. The molecule has 1 saturated carbocycles. The van der Waals surface area contributed by atoms with Gasteiger partial charge in [-0.25, -0.2) is 9.97 Å². The second kappa shape index (κ2) is 11.9. The fourth-order valence-corrected chi connectivity index (χ4v) is 9.34. The van der Waals surface area contributed by atoms with Crippen molar-refractivity contribution in [2.45, 2.75) is 83.8 Å². The molecule has 262 valence electrons. The molecule has 5 heterocycles. The molecule has 1 aliphatic carbocycles. The lowest BCUT2D eigenvalue weighted by molar-refractivity contribution is -0.00647.